The normalized spacial score (nSPS) is 15.6. The largest absolute Gasteiger partial charge is 0.490 e. The number of nitrogens with zero attached hydrogens (tertiary/aromatic N) is 3. The van der Waals surface area contributed by atoms with Crippen LogP contribution in [-0.2, 0) is 16.1 Å². The number of anilines is 1. The Hall–Kier alpha value is -2.75. The zero-order valence-corrected chi connectivity index (χ0v) is 16.7. The number of carbonyl (C=O) groups is 2. The van der Waals surface area contributed by atoms with Crippen molar-refractivity contribution in [1.29, 1.82) is 0 Å². The van der Waals surface area contributed by atoms with Crippen molar-refractivity contribution < 1.29 is 19.1 Å². The molecule has 0 atom stereocenters. The molecule has 0 radical (unpaired) electrons. The van der Waals surface area contributed by atoms with E-state index in [0.717, 1.165) is 25.1 Å². The van der Waals surface area contributed by atoms with E-state index in [9.17, 15) is 9.59 Å². The fourth-order valence-electron chi connectivity index (χ4n) is 3.05. The van der Waals surface area contributed by atoms with Gasteiger partial charge in [0.1, 0.15) is 5.82 Å². The summed E-state index contributed by atoms with van der Waals surface area (Å²) in [4.78, 5) is 23.6. The van der Waals surface area contributed by atoms with Gasteiger partial charge < -0.3 is 25.1 Å². The van der Waals surface area contributed by atoms with E-state index in [4.69, 9.17) is 15.2 Å². The molecule has 9 nitrogen and oxygen atoms in total. The Morgan fingerprint density at radius 2 is 2.00 bits per heavy atom. The van der Waals surface area contributed by atoms with E-state index < -0.39 is 0 Å². The van der Waals surface area contributed by atoms with Crippen LogP contribution in [0.1, 0.15) is 37.4 Å². The highest BCUT2D eigenvalue weighted by atomic mass is 32.2. The number of hydrogen-bond acceptors (Lipinski definition) is 7. The summed E-state index contributed by atoms with van der Waals surface area (Å²) in [5.74, 6) is 2.22. The van der Waals surface area contributed by atoms with Crippen molar-refractivity contribution >= 4 is 29.3 Å². The average Bonchev–Trinajstić information content (AvgIpc) is 3.49. The third-order valence-corrected chi connectivity index (χ3v) is 5.60. The molecule has 0 spiro atoms. The number of primary amides is 1. The van der Waals surface area contributed by atoms with Crippen molar-refractivity contribution in [3.05, 3.63) is 24.0 Å². The third kappa shape index (κ3) is 5.00. The molecule has 1 aromatic heterocycles. The number of nitrogens with two attached hydrogens (primary N) is 1. The molecule has 0 saturated heterocycles. The number of hydrogen-bond donors (Lipinski definition) is 2. The van der Waals surface area contributed by atoms with Gasteiger partial charge in [-0.1, -0.05) is 11.8 Å². The van der Waals surface area contributed by atoms with Crippen molar-refractivity contribution in [2.75, 3.05) is 24.3 Å². The van der Waals surface area contributed by atoms with Crippen molar-refractivity contribution in [1.82, 2.24) is 14.8 Å². The predicted molar refractivity (Wildman–Crippen MR) is 107 cm³/mol. The van der Waals surface area contributed by atoms with Gasteiger partial charge in [0.25, 0.3) is 0 Å². The van der Waals surface area contributed by atoms with Crippen LogP contribution >= 0.6 is 11.8 Å². The molecule has 1 saturated carbocycles. The summed E-state index contributed by atoms with van der Waals surface area (Å²) >= 11 is 1.29. The van der Waals surface area contributed by atoms with Gasteiger partial charge in [0.05, 0.1) is 19.0 Å². The lowest BCUT2D eigenvalue weighted by atomic mass is 10.2. The third-order valence-electron chi connectivity index (χ3n) is 4.63. The number of rotatable bonds is 8. The number of amides is 2. The Balaban J connectivity index is 1.37. The van der Waals surface area contributed by atoms with Crippen LogP contribution < -0.4 is 20.5 Å². The van der Waals surface area contributed by atoms with Crippen LogP contribution in [0.5, 0.6) is 11.5 Å². The summed E-state index contributed by atoms with van der Waals surface area (Å²) in [7, 11) is 0. The van der Waals surface area contributed by atoms with E-state index in [1.54, 1.807) is 18.2 Å². The summed E-state index contributed by atoms with van der Waals surface area (Å²) < 4.78 is 13.2. The van der Waals surface area contributed by atoms with Crippen LogP contribution in [-0.4, -0.2) is 45.5 Å². The van der Waals surface area contributed by atoms with Gasteiger partial charge >= 0.3 is 0 Å². The van der Waals surface area contributed by atoms with Gasteiger partial charge in [0.2, 0.25) is 11.8 Å². The maximum Gasteiger partial charge on any atom is 0.234 e. The molecule has 1 aliphatic heterocycles. The van der Waals surface area contributed by atoms with Gasteiger partial charge in [0.15, 0.2) is 16.7 Å². The van der Waals surface area contributed by atoms with Crippen molar-refractivity contribution in [3.63, 3.8) is 0 Å². The summed E-state index contributed by atoms with van der Waals surface area (Å²) in [6.45, 7) is 1.64. The first-order chi connectivity index (χ1) is 14.1. The number of aromatic nitrogens is 3. The first-order valence-electron chi connectivity index (χ1n) is 9.64. The maximum absolute atomic E-state index is 12.4. The van der Waals surface area contributed by atoms with E-state index in [2.05, 4.69) is 15.5 Å². The van der Waals surface area contributed by atoms with Crippen LogP contribution in [0.3, 0.4) is 0 Å². The Labute approximate surface area is 172 Å². The van der Waals surface area contributed by atoms with Crippen LogP contribution in [0.15, 0.2) is 23.4 Å². The lowest BCUT2D eigenvalue weighted by Gasteiger charge is -2.11. The molecule has 1 aromatic carbocycles. The molecule has 10 heteroatoms. The first kappa shape index (κ1) is 19.6. The van der Waals surface area contributed by atoms with Crippen molar-refractivity contribution in [2.45, 2.75) is 43.3 Å². The number of ether oxygens (including phenoxy) is 2. The Kier molecular flexibility index (Phi) is 5.89. The van der Waals surface area contributed by atoms with E-state index in [1.165, 1.54) is 11.8 Å². The molecular weight excluding hydrogens is 394 g/mol. The molecule has 2 amide bonds. The summed E-state index contributed by atoms with van der Waals surface area (Å²) in [5, 5.41) is 12.0. The van der Waals surface area contributed by atoms with Crippen molar-refractivity contribution in [3.8, 4) is 11.5 Å². The molecular formula is C19H23N5O4S. The van der Waals surface area contributed by atoms with E-state index in [-0.39, 0.29) is 24.0 Å². The molecule has 3 N–H and O–H groups in total. The van der Waals surface area contributed by atoms with Crippen LogP contribution in [0.25, 0.3) is 0 Å². The second-order valence-electron chi connectivity index (χ2n) is 7.03. The van der Waals surface area contributed by atoms with Crippen LogP contribution in [0.4, 0.5) is 5.69 Å². The van der Waals surface area contributed by atoms with Gasteiger partial charge in [-0.15, -0.1) is 10.2 Å². The van der Waals surface area contributed by atoms with Crippen LogP contribution in [0.2, 0.25) is 0 Å². The SMILES string of the molecule is NC(=O)CCn1c(SCC(=O)Nc2ccc3c(c2)OCCCO3)nnc1C1CC1. The number of thioether (sulfide) groups is 1. The zero-order valence-electron chi connectivity index (χ0n) is 15.9. The summed E-state index contributed by atoms with van der Waals surface area (Å²) in [5.41, 5.74) is 5.93. The number of carbonyl (C=O) groups excluding carboxylic acids is 2. The highest BCUT2D eigenvalue weighted by Gasteiger charge is 2.30. The summed E-state index contributed by atoms with van der Waals surface area (Å²) in [6, 6.07) is 5.35. The smallest absolute Gasteiger partial charge is 0.234 e. The summed E-state index contributed by atoms with van der Waals surface area (Å²) in [6.07, 6.45) is 3.19. The second-order valence-corrected chi connectivity index (χ2v) is 7.97. The monoisotopic (exact) mass is 417 g/mol. The fraction of sp³-hybridized carbons (Fsp3) is 0.474. The molecule has 2 aromatic rings. The quantitative estimate of drug-likeness (QED) is 0.629. The Bertz CT molecular complexity index is 912. The zero-order chi connectivity index (χ0) is 20.2. The minimum absolute atomic E-state index is 0.165. The van der Waals surface area contributed by atoms with Gasteiger partial charge in [-0.2, -0.15) is 0 Å². The number of nitrogens with one attached hydrogen (secondary N) is 1. The number of fused-ring (bicyclic) bond motifs is 1. The van der Waals surface area contributed by atoms with Crippen molar-refractivity contribution in [2.24, 2.45) is 5.73 Å². The molecule has 1 aliphatic carbocycles. The number of benzene rings is 1. The fourth-order valence-corrected chi connectivity index (χ4v) is 3.82. The molecule has 29 heavy (non-hydrogen) atoms. The van der Waals surface area contributed by atoms with Gasteiger partial charge in [-0.25, -0.2) is 0 Å². The van der Waals surface area contributed by atoms with E-state index in [1.807, 2.05) is 4.57 Å². The van der Waals surface area contributed by atoms with Gasteiger partial charge in [0, 0.05) is 37.1 Å². The maximum atomic E-state index is 12.4. The predicted octanol–water partition coefficient (Wildman–Crippen LogP) is 1.92. The first-order valence-corrected chi connectivity index (χ1v) is 10.6. The minimum atomic E-state index is -0.372. The lowest BCUT2D eigenvalue weighted by Crippen LogP contribution is -2.17. The highest BCUT2D eigenvalue weighted by molar-refractivity contribution is 7.99. The molecule has 4 rings (SSSR count). The van der Waals surface area contributed by atoms with E-state index >= 15 is 0 Å². The molecule has 1 fully saturated rings. The van der Waals surface area contributed by atoms with Gasteiger partial charge in [-0.05, 0) is 25.0 Å². The lowest BCUT2D eigenvalue weighted by molar-refractivity contribution is -0.118. The Morgan fingerprint density at radius 1 is 1.21 bits per heavy atom. The minimum Gasteiger partial charge on any atom is -0.490 e. The average molecular weight is 417 g/mol. The molecule has 0 bridgehead atoms. The molecule has 0 unspecified atom stereocenters. The Morgan fingerprint density at radius 3 is 2.76 bits per heavy atom. The highest BCUT2D eigenvalue weighted by Crippen LogP contribution is 2.40. The standard InChI is InChI=1S/C19H23N5O4S/c20-16(25)6-7-24-18(12-2-3-12)22-23-19(24)29-11-17(26)21-13-4-5-14-15(10-13)28-9-1-8-27-14/h4-5,10,12H,1-3,6-9,11H2,(H2,20,25)(H,21,26). The molecule has 2 aliphatic rings. The second kappa shape index (κ2) is 8.73. The van der Waals surface area contributed by atoms with Gasteiger partial charge in [-0.3, -0.25) is 9.59 Å². The molecule has 154 valence electrons. The molecule has 2 heterocycles. The van der Waals surface area contributed by atoms with E-state index in [0.29, 0.717) is 48.0 Å². The van der Waals surface area contributed by atoms with Crippen LogP contribution in [0, 0.1) is 0 Å². The topological polar surface area (TPSA) is 121 Å².